The number of benzene rings is 1. The first-order valence-corrected chi connectivity index (χ1v) is 5.48. The summed E-state index contributed by atoms with van der Waals surface area (Å²) in [4.78, 5) is 22.1. The molecule has 1 amide bonds. The van der Waals surface area contributed by atoms with Crippen molar-refractivity contribution in [2.24, 2.45) is 0 Å². The van der Waals surface area contributed by atoms with Crippen LogP contribution < -0.4 is 10.1 Å². The van der Waals surface area contributed by atoms with Gasteiger partial charge in [-0.15, -0.1) is 0 Å². The molecule has 19 heavy (non-hydrogen) atoms. The largest absolute Gasteiger partial charge is 0.484 e. The second kappa shape index (κ2) is 6.69. The van der Waals surface area contributed by atoms with Gasteiger partial charge in [0, 0.05) is 6.07 Å². The van der Waals surface area contributed by atoms with Crippen LogP contribution in [-0.4, -0.2) is 40.8 Å². The van der Waals surface area contributed by atoms with E-state index in [2.05, 4.69) is 5.32 Å². The number of ether oxygens (including phenoxy) is 1. The minimum absolute atomic E-state index is 0.152. The number of aliphatic carboxylic acids is 1. The van der Waals surface area contributed by atoms with Crippen LogP contribution in [0.1, 0.15) is 6.92 Å². The predicted octanol–water partition coefficient (Wildman–Crippen LogP) is 0.155. The number of aliphatic hydroxyl groups is 1. The number of halogens is 1. The van der Waals surface area contributed by atoms with Crippen LogP contribution in [0.25, 0.3) is 0 Å². The van der Waals surface area contributed by atoms with Crippen molar-refractivity contribution in [2.45, 2.75) is 19.1 Å². The molecule has 0 saturated carbocycles. The Morgan fingerprint density at radius 1 is 1.47 bits per heavy atom. The average molecular weight is 271 g/mol. The van der Waals surface area contributed by atoms with E-state index in [4.69, 9.17) is 14.9 Å². The van der Waals surface area contributed by atoms with Gasteiger partial charge in [-0.2, -0.15) is 0 Å². The van der Waals surface area contributed by atoms with Crippen molar-refractivity contribution < 1.29 is 28.9 Å². The van der Waals surface area contributed by atoms with E-state index < -0.39 is 36.4 Å². The highest BCUT2D eigenvalue weighted by molar-refractivity contribution is 5.84. The topological polar surface area (TPSA) is 95.9 Å². The van der Waals surface area contributed by atoms with E-state index in [0.717, 1.165) is 6.07 Å². The molecule has 7 heteroatoms. The first-order chi connectivity index (χ1) is 8.90. The summed E-state index contributed by atoms with van der Waals surface area (Å²) in [6, 6.07) is 3.78. The van der Waals surface area contributed by atoms with E-state index in [1.165, 1.54) is 25.1 Å². The lowest BCUT2D eigenvalue weighted by Gasteiger charge is -2.17. The van der Waals surface area contributed by atoms with Gasteiger partial charge in [0.2, 0.25) is 0 Å². The van der Waals surface area contributed by atoms with Gasteiger partial charge in [-0.1, -0.05) is 6.07 Å². The van der Waals surface area contributed by atoms with Gasteiger partial charge in [0.05, 0.1) is 6.10 Å². The van der Waals surface area contributed by atoms with Gasteiger partial charge >= 0.3 is 5.97 Å². The van der Waals surface area contributed by atoms with Crippen LogP contribution in [0.5, 0.6) is 5.75 Å². The molecule has 104 valence electrons. The zero-order chi connectivity index (χ0) is 14.4. The number of amides is 1. The summed E-state index contributed by atoms with van der Waals surface area (Å²) in [6.07, 6.45) is -1.24. The van der Waals surface area contributed by atoms with Crippen LogP contribution in [0.15, 0.2) is 24.3 Å². The van der Waals surface area contributed by atoms with Crippen LogP contribution in [-0.2, 0) is 9.59 Å². The minimum atomic E-state index is -1.41. The summed E-state index contributed by atoms with van der Waals surface area (Å²) in [6.45, 7) is 0.770. The number of aliphatic hydroxyl groups excluding tert-OH is 1. The lowest BCUT2D eigenvalue weighted by atomic mass is 10.2. The molecule has 0 bridgehead atoms. The number of carboxylic acid groups (broad SMARTS) is 1. The van der Waals surface area contributed by atoms with E-state index in [1.54, 1.807) is 0 Å². The maximum atomic E-state index is 12.8. The van der Waals surface area contributed by atoms with E-state index in [9.17, 15) is 14.0 Å². The van der Waals surface area contributed by atoms with E-state index in [0.29, 0.717) is 0 Å². The Morgan fingerprint density at radius 3 is 2.68 bits per heavy atom. The zero-order valence-electron chi connectivity index (χ0n) is 10.2. The number of carbonyl (C=O) groups excluding carboxylic acids is 1. The Hall–Kier alpha value is -2.15. The molecule has 0 aliphatic heterocycles. The van der Waals surface area contributed by atoms with Crippen LogP contribution in [0.3, 0.4) is 0 Å². The summed E-state index contributed by atoms with van der Waals surface area (Å²) in [7, 11) is 0. The van der Waals surface area contributed by atoms with Crippen molar-refractivity contribution >= 4 is 11.9 Å². The molecule has 6 nitrogen and oxygen atoms in total. The second-order valence-corrected chi connectivity index (χ2v) is 3.87. The molecule has 2 atom stereocenters. The SMILES string of the molecule is CC(O)C(NC(=O)COc1cccc(F)c1)C(=O)O. The summed E-state index contributed by atoms with van der Waals surface area (Å²) in [5.41, 5.74) is 0. The molecule has 0 aliphatic rings. The van der Waals surface area contributed by atoms with Crippen molar-refractivity contribution in [2.75, 3.05) is 6.61 Å². The molecule has 3 N–H and O–H groups in total. The molecule has 0 saturated heterocycles. The maximum absolute atomic E-state index is 12.8. The zero-order valence-corrected chi connectivity index (χ0v) is 10.2. The van der Waals surface area contributed by atoms with Crippen LogP contribution >= 0.6 is 0 Å². The van der Waals surface area contributed by atoms with Gasteiger partial charge in [-0.25, -0.2) is 9.18 Å². The molecule has 0 aliphatic carbocycles. The van der Waals surface area contributed by atoms with Crippen molar-refractivity contribution in [3.8, 4) is 5.75 Å². The van der Waals surface area contributed by atoms with Gasteiger partial charge in [0.1, 0.15) is 11.6 Å². The highest BCUT2D eigenvalue weighted by atomic mass is 19.1. The maximum Gasteiger partial charge on any atom is 0.328 e. The molecule has 1 aromatic rings. The van der Waals surface area contributed by atoms with Gasteiger partial charge in [-0.3, -0.25) is 4.79 Å². The fraction of sp³-hybridized carbons (Fsp3) is 0.333. The Bertz CT molecular complexity index is 463. The quantitative estimate of drug-likeness (QED) is 0.684. The molecule has 1 rings (SSSR count). The smallest absolute Gasteiger partial charge is 0.328 e. The molecule has 0 fully saturated rings. The van der Waals surface area contributed by atoms with E-state index in [1.807, 2.05) is 0 Å². The van der Waals surface area contributed by atoms with Crippen molar-refractivity contribution in [1.29, 1.82) is 0 Å². The normalized spacial score (nSPS) is 13.4. The number of rotatable bonds is 6. The van der Waals surface area contributed by atoms with Crippen molar-refractivity contribution in [1.82, 2.24) is 5.32 Å². The molecule has 1 aromatic carbocycles. The summed E-state index contributed by atoms with van der Waals surface area (Å²) in [5, 5.41) is 20.0. The number of hydrogen-bond acceptors (Lipinski definition) is 4. The van der Waals surface area contributed by atoms with Crippen molar-refractivity contribution in [3.05, 3.63) is 30.1 Å². The fourth-order valence-corrected chi connectivity index (χ4v) is 1.31. The highest BCUT2D eigenvalue weighted by Gasteiger charge is 2.24. The number of hydrogen-bond donors (Lipinski definition) is 3. The third-order valence-electron chi connectivity index (χ3n) is 2.23. The Labute approximate surface area is 108 Å². The van der Waals surface area contributed by atoms with Crippen LogP contribution in [0, 0.1) is 5.82 Å². The van der Waals surface area contributed by atoms with Crippen molar-refractivity contribution in [3.63, 3.8) is 0 Å². The average Bonchev–Trinajstić information content (AvgIpc) is 2.32. The minimum Gasteiger partial charge on any atom is -0.484 e. The fourth-order valence-electron chi connectivity index (χ4n) is 1.31. The van der Waals surface area contributed by atoms with Crippen LogP contribution in [0.2, 0.25) is 0 Å². The summed E-state index contributed by atoms with van der Waals surface area (Å²) < 4.78 is 17.8. The molecule has 0 aromatic heterocycles. The Balaban J connectivity index is 2.49. The molecular weight excluding hydrogens is 257 g/mol. The summed E-state index contributed by atoms with van der Waals surface area (Å²) in [5.74, 6) is -2.43. The Kier molecular flexibility index (Phi) is 5.25. The van der Waals surface area contributed by atoms with E-state index in [-0.39, 0.29) is 5.75 Å². The number of carbonyl (C=O) groups is 2. The number of nitrogens with one attached hydrogen (secondary N) is 1. The van der Waals surface area contributed by atoms with Gasteiger partial charge < -0.3 is 20.3 Å². The molecule has 0 radical (unpaired) electrons. The second-order valence-electron chi connectivity index (χ2n) is 3.87. The van der Waals surface area contributed by atoms with Gasteiger partial charge in [0.15, 0.2) is 12.6 Å². The molecule has 2 unspecified atom stereocenters. The monoisotopic (exact) mass is 271 g/mol. The lowest BCUT2D eigenvalue weighted by Crippen LogP contribution is -2.49. The van der Waals surface area contributed by atoms with Gasteiger partial charge in [0.25, 0.3) is 5.91 Å². The van der Waals surface area contributed by atoms with Crippen LogP contribution in [0.4, 0.5) is 4.39 Å². The first-order valence-electron chi connectivity index (χ1n) is 5.48. The highest BCUT2D eigenvalue weighted by Crippen LogP contribution is 2.11. The number of carboxylic acids is 1. The third kappa shape index (κ3) is 4.92. The van der Waals surface area contributed by atoms with E-state index >= 15 is 0 Å². The van der Waals surface area contributed by atoms with Gasteiger partial charge in [-0.05, 0) is 19.1 Å². The molecule has 0 heterocycles. The molecular formula is C12H14FNO5. The Morgan fingerprint density at radius 2 is 2.16 bits per heavy atom. The third-order valence-corrected chi connectivity index (χ3v) is 2.23. The summed E-state index contributed by atoms with van der Waals surface area (Å²) >= 11 is 0. The molecule has 0 spiro atoms. The lowest BCUT2D eigenvalue weighted by molar-refractivity contribution is -0.145. The first kappa shape index (κ1) is 14.9. The predicted molar refractivity (Wildman–Crippen MR) is 63.1 cm³/mol. The standard InChI is InChI=1S/C12H14FNO5/c1-7(15)11(12(17)18)14-10(16)6-19-9-4-2-3-8(13)5-9/h2-5,7,11,15H,6H2,1H3,(H,14,16)(H,17,18).